The van der Waals surface area contributed by atoms with Crippen LogP contribution in [-0.2, 0) is 4.74 Å². The summed E-state index contributed by atoms with van der Waals surface area (Å²) in [5.41, 5.74) is 1.66. The van der Waals surface area contributed by atoms with Crippen LogP contribution in [0, 0.1) is 6.92 Å². The minimum atomic E-state index is -0.198. The second-order valence-electron chi connectivity index (χ2n) is 7.33. The number of hydrogen-bond donors (Lipinski definition) is 2. The van der Waals surface area contributed by atoms with E-state index in [0.29, 0.717) is 11.7 Å². The highest BCUT2D eigenvalue weighted by atomic mass is 32.2. The molecule has 0 saturated carbocycles. The summed E-state index contributed by atoms with van der Waals surface area (Å²) in [6, 6.07) is 7.49. The van der Waals surface area contributed by atoms with E-state index in [-0.39, 0.29) is 11.6 Å². The fraction of sp³-hybridized carbons (Fsp3) is 0.450. The summed E-state index contributed by atoms with van der Waals surface area (Å²) in [4.78, 5) is 24.2. The molecule has 0 bridgehead atoms. The maximum absolute atomic E-state index is 12.4. The molecule has 2 amide bonds. The number of nitrogens with zero attached hydrogens (tertiary/aromatic N) is 3. The molecule has 0 atom stereocenters. The number of amides is 2. The van der Waals surface area contributed by atoms with E-state index in [4.69, 9.17) is 4.74 Å². The van der Waals surface area contributed by atoms with E-state index in [1.54, 1.807) is 18.5 Å². The highest BCUT2D eigenvalue weighted by molar-refractivity contribution is 7.99. The second-order valence-corrected chi connectivity index (χ2v) is 8.37. The lowest BCUT2D eigenvalue weighted by Crippen LogP contribution is -2.55. The number of hydrogen-bond acceptors (Lipinski definition) is 6. The smallest absolute Gasteiger partial charge is 0.319 e. The van der Waals surface area contributed by atoms with Crippen LogP contribution in [0.25, 0.3) is 0 Å². The Morgan fingerprint density at radius 1 is 1.25 bits per heavy atom. The standard InChI is InChI=1S/C20H27N5O2S/c1-15-13-16(28-19-21-7-4-8-22-19)5-6-17(15)24-18(26)23-14-20(2,3)25-9-11-27-12-10-25/h4-8,13H,9-12,14H2,1-3H3,(H2,23,24,26). The largest absolute Gasteiger partial charge is 0.379 e. The zero-order valence-electron chi connectivity index (χ0n) is 16.6. The number of aromatic nitrogens is 2. The van der Waals surface area contributed by atoms with E-state index in [1.807, 2.05) is 25.1 Å². The molecule has 8 heteroatoms. The maximum Gasteiger partial charge on any atom is 0.319 e. The number of carbonyl (C=O) groups excluding carboxylic acids is 1. The van der Waals surface area contributed by atoms with Crippen LogP contribution in [0.3, 0.4) is 0 Å². The normalized spacial score (nSPS) is 15.2. The van der Waals surface area contributed by atoms with Crippen LogP contribution in [0.4, 0.5) is 10.5 Å². The molecular weight excluding hydrogens is 374 g/mol. The number of nitrogens with one attached hydrogen (secondary N) is 2. The summed E-state index contributed by atoms with van der Waals surface area (Å²) in [7, 11) is 0. The Bertz CT molecular complexity index is 794. The Balaban J connectivity index is 1.53. The van der Waals surface area contributed by atoms with Crippen LogP contribution in [0.1, 0.15) is 19.4 Å². The molecule has 28 heavy (non-hydrogen) atoms. The van der Waals surface area contributed by atoms with Crippen LogP contribution in [0.15, 0.2) is 46.7 Å². The molecule has 1 aliphatic heterocycles. The predicted molar refractivity (Wildman–Crippen MR) is 111 cm³/mol. The van der Waals surface area contributed by atoms with Crippen LogP contribution in [-0.4, -0.2) is 59.3 Å². The van der Waals surface area contributed by atoms with Crippen molar-refractivity contribution in [1.29, 1.82) is 0 Å². The van der Waals surface area contributed by atoms with Crippen molar-refractivity contribution in [2.75, 3.05) is 38.2 Å². The first-order valence-corrected chi connectivity index (χ1v) is 10.2. The lowest BCUT2D eigenvalue weighted by atomic mass is 10.0. The fourth-order valence-electron chi connectivity index (χ4n) is 3.03. The third kappa shape index (κ3) is 5.67. The lowest BCUT2D eigenvalue weighted by molar-refractivity contribution is -0.00863. The molecule has 3 rings (SSSR count). The summed E-state index contributed by atoms with van der Waals surface area (Å²) in [5, 5.41) is 6.64. The first kappa shape index (κ1) is 20.6. The number of carbonyl (C=O) groups is 1. The number of morpholine rings is 1. The summed E-state index contributed by atoms with van der Waals surface area (Å²) in [6.45, 7) is 10.1. The van der Waals surface area contributed by atoms with Crippen molar-refractivity contribution in [1.82, 2.24) is 20.2 Å². The Morgan fingerprint density at radius 3 is 2.64 bits per heavy atom. The van der Waals surface area contributed by atoms with Gasteiger partial charge in [0, 0.05) is 48.1 Å². The molecule has 0 aliphatic carbocycles. The minimum Gasteiger partial charge on any atom is -0.379 e. The van der Waals surface area contributed by atoms with Gasteiger partial charge in [-0.05, 0) is 62.4 Å². The Kier molecular flexibility index (Phi) is 6.88. The molecule has 1 aliphatic rings. The van der Waals surface area contributed by atoms with Crippen molar-refractivity contribution < 1.29 is 9.53 Å². The molecule has 0 radical (unpaired) electrons. The quantitative estimate of drug-likeness (QED) is 0.724. The van der Waals surface area contributed by atoms with Gasteiger partial charge in [-0.3, -0.25) is 4.90 Å². The molecule has 1 aromatic heterocycles. The molecule has 1 saturated heterocycles. The summed E-state index contributed by atoms with van der Waals surface area (Å²) >= 11 is 1.49. The van der Waals surface area contributed by atoms with E-state index in [9.17, 15) is 4.79 Å². The average Bonchev–Trinajstić information content (AvgIpc) is 2.70. The van der Waals surface area contributed by atoms with Gasteiger partial charge < -0.3 is 15.4 Å². The van der Waals surface area contributed by atoms with Gasteiger partial charge in [-0.15, -0.1) is 0 Å². The van der Waals surface area contributed by atoms with Crippen molar-refractivity contribution in [2.24, 2.45) is 0 Å². The molecule has 0 unspecified atom stereocenters. The molecule has 1 fully saturated rings. The van der Waals surface area contributed by atoms with Crippen molar-refractivity contribution in [3.63, 3.8) is 0 Å². The van der Waals surface area contributed by atoms with Gasteiger partial charge in [0.05, 0.1) is 13.2 Å². The number of urea groups is 1. The average molecular weight is 402 g/mol. The van der Waals surface area contributed by atoms with E-state index in [0.717, 1.165) is 42.4 Å². The van der Waals surface area contributed by atoms with Gasteiger partial charge in [-0.1, -0.05) is 0 Å². The second kappa shape index (κ2) is 9.36. The molecule has 0 spiro atoms. The number of benzene rings is 1. The third-order valence-electron chi connectivity index (χ3n) is 4.75. The topological polar surface area (TPSA) is 79.4 Å². The van der Waals surface area contributed by atoms with Crippen molar-refractivity contribution in [2.45, 2.75) is 36.4 Å². The van der Waals surface area contributed by atoms with Gasteiger partial charge in [-0.25, -0.2) is 14.8 Å². The van der Waals surface area contributed by atoms with E-state index >= 15 is 0 Å². The highest BCUT2D eigenvalue weighted by Crippen LogP contribution is 2.27. The van der Waals surface area contributed by atoms with Gasteiger partial charge >= 0.3 is 6.03 Å². The number of rotatable bonds is 6. The van der Waals surface area contributed by atoms with E-state index < -0.39 is 0 Å². The Morgan fingerprint density at radius 2 is 1.96 bits per heavy atom. The number of aryl methyl sites for hydroxylation is 1. The van der Waals surface area contributed by atoms with E-state index in [1.165, 1.54) is 11.8 Å². The van der Waals surface area contributed by atoms with Crippen LogP contribution in [0.5, 0.6) is 0 Å². The first-order valence-electron chi connectivity index (χ1n) is 9.37. The zero-order chi connectivity index (χ0) is 20.0. The SMILES string of the molecule is Cc1cc(Sc2ncccn2)ccc1NC(=O)NCC(C)(C)N1CCOCC1. The number of anilines is 1. The summed E-state index contributed by atoms with van der Waals surface area (Å²) in [5.74, 6) is 0. The third-order valence-corrected chi connectivity index (χ3v) is 5.63. The predicted octanol–water partition coefficient (Wildman–Crippen LogP) is 3.17. The lowest BCUT2D eigenvalue weighted by Gasteiger charge is -2.40. The Hall–Kier alpha value is -2.16. The van der Waals surface area contributed by atoms with Crippen molar-refractivity contribution in [3.8, 4) is 0 Å². The first-order chi connectivity index (χ1) is 13.4. The van der Waals surface area contributed by atoms with Gasteiger partial charge in [-0.2, -0.15) is 0 Å². The van der Waals surface area contributed by atoms with Crippen molar-refractivity contribution >= 4 is 23.5 Å². The molecule has 2 heterocycles. The zero-order valence-corrected chi connectivity index (χ0v) is 17.4. The molecular formula is C20H27N5O2S. The van der Waals surface area contributed by atoms with Gasteiger partial charge in [0.25, 0.3) is 0 Å². The van der Waals surface area contributed by atoms with Gasteiger partial charge in [0.1, 0.15) is 0 Å². The van der Waals surface area contributed by atoms with Gasteiger partial charge in [0.15, 0.2) is 5.16 Å². The molecule has 1 aromatic carbocycles. The molecule has 7 nitrogen and oxygen atoms in total. The molecule has 2 aromatic rings. The highest BCUT2D eigenvalue weighted by Gasteiger charge is 2.28. The van der Waals surface area contributed by atoms with Crippen LogP contribution in [0.2, 0.25) is 0 Å². The molecule has 150 valence electrons. The minimum absolute atomic E-state index is 0.119. The van der Waals surface area contributed by atoms with Crippen LogP contribution >= 0.6 is 11.8 Å². The Labute approximate surface area is 170 Å². The number of ether oxygens (including phenoxy) is 1. The summed E-state index contributed by atoms with van der Waals surface area (Å²) < 4.78 is 5.41. The maximum atomic E-state index is 12.4. The van der Waals surface area contributed by atoms with Crippen molar-refractivity contribution in [3.05, 3.63) is 42.2 Å². The molecule has 2 N–H and O–H groups in total. The van der Waals surface area contributed by atoms with Crippen LogP contribution < -0.4 is 10.6 Å². The summed E-state index contributed by atoms with van der Waals surface area (Å²) in [6.07, 6.45) is 3.45. The fourth-order valence-corrected chi connectivity index (χ4v) is 3.84. The monoisotopic (exact) mass is 401 g/mol. The van der Waals surface area contributed by atoms with E-state index in [2.05, 4.69) is 39.3 Å². The van der Waals surface area contributed by atoms with Gasteiger partial charge in [0.2, 0.25) is 0 Å².